The van der Waals surface area contributed by atoms with Gasteiger partial charge in [0, 0.05) is 26.3 Å². The van der Waals surface area contributed by atoms with Gasteiger partial charge in [0.1, 0.15) is 5.82 Å². The van der Waals surface area contributed by atoms with E-state index in [1.54, 1.807) is 11.6 Å². The SMILES string of the molecule is Cn1c(=O)n(CC(C)(C)C)c2ccc(N3CCCc4ncccc43)nc21. The number of aromatic nitrogens is 4. The van der Waals surface area contributed by atoms with Crippen molar-refractivity contribution in [1.82, 2.24) is 19.1 Å². The van der Waals surface area contributed by atoms with E-state index in [0.717, 1.165) is 47.7 Å². The van der Waals surface area contributed by atoms with Crippen molar-refractivity contribution in [2.75, 3.05) is 11.4 Å². The summed E-state index contributed by atoms with van der Waals surface area (Å²) in [6, 6.07) is 8.10. The molecule has 6 nitrogen and oxygen atoms in total. The lowest BCUT2D eigenvalue weighted by Crippen LogP contribution is -2.27. The molecule has 0 bridgehead atoms. The summed E-state index contributed by atoms with van der Waals surface area (Å²) < 4.78 is 3.48. The fraction of sp³-hybridized carbons (Fsp3) is 0.450. The molecule has 0 saturated heterocycles. The number of pyridine rings is 2. The van der Waals surface area contributed by atoms with E-state index in [9.17, 15) is 4.79 Å². The van der Waals surface area contributed by atoms with Crippen LogP contribution in [0.2, 0.25) is 0 Å². The third-order valence-electron chi connectivity index (χ3n) is 4.83. The number of fused-ring (bicyclic) bond motifs is 2. The molecule has 0 aliphatic carbocycles. The zero-order valence-corrected chi connectivity index (χ0v) is 15.9. The Labute approximate surface area is 153 Å². The van der Waals surface area contributed by atoms with Gasteiger partial charge in [0.2, 0.25) is 0 Å². The van der Waals surface area contributed by atoms with Gasteiger partial charge < -0.3 is 4.90 Å². The molecule has 1 aliphatic rings. The van der Waals surface area contributed by atoms with Crippen molar-refractivity contribution >= 4 is 22.7 Å². The third kappa shape index (κ3) is 2.79. The van der Waals surface area contributed by atoms with Crippen LogP contribution in [0.15, 0.2) is 35.3 Å². The highest BCUT2D eigenvalue weighted by molar-refractivity contribution is 5.76. The average Bonchev–Trinajstić information content (AvgIpc) is 2.84. The normalized spacial score (nSPS) is 14.7. The van der Waals surface area contributed by atoms with Gasteiger partial charge in [-0.1, -0.05) is 20.8 Å². The molecule has 0 aromatic carbocycles. The lowest BCUT2D eigenvalue weighted by Gasteiger charge is -2.29. The molecule has 6 heteroatoms. The zero-order valence-electron chi connectivity index (χ0n) is 15.9. The molecule has 0 fully saturated rings. The summed E-state index contributed by atoms with van der Waals surface area (Å²) in [5.74, 6) is 0.870. The minimum Gasteiger partial charge on any atom is -0.325 e. The van der Waals surface area contributed by atoms with Crippen molar-refractivity contribution in [3.8, 4) is 0 Å². The minimum absolute atomic E-state index is 0.0136. The Morgan fingerprint density at radius 3 is 2.77 bits per heavy atom. The van der Waals surface area contributed by atoms with Crippen LogP contribution in [-0.4, -0.2) is 25.6 Å². The highest BCUT2D eigenvalue weighted by Crippen LogP contribution is 2.32. The number of aryl methyl sites for hydroxylation is 2. The Balaban J connectivity index is 1.83. The average molecular weight is 351 g/mol. The first-order valence-corrected chi connectivity index (χ1v) is 9.13. The van der Waals surface area contributed by atoms with E-state index in [2.05, 4.69) is 36.7 Å². The van der Waals surface area contributed by atoms with Crippen LogP contribution in [-0.2, 0) is 20.0 Å². The van der Waals surface area contributed by atoms with E-state index >= 15 is 0 Å². The second-order valence-electron chi connectivity index (χ2n) is 8.22. The lowest BCUT2D eigenvalue weighted by molar-refractivity contribution is 0.342. The Kier molecular flexibility index (Phi) is 3.86. The first kappa shape index (κ1) is 16.8. The first-order chi connectivity index (χ1) is 12.3. The minimum atomic E-state index is -0.0136. The van der Waals surface area contributed by atoms with Gasteiger partial charge in [0.25, 0.3) is 0 Å². The molecule has 0 spiro atoms. The molecule has 4 heterocycles. The molecule has 1 aliphatic heterocycles. The molecule has 0 saturated carbocycles. The maximum atomic E-state index is 12.7. The molecule has 136 valence electrons. The highest BCUT2D eigenvalue weighted by Gasteiger charge is 2.22. The predicted molar refractivity (Wildman–Crippen MR) is 104 cm³/mol. The van der Waals surface area contributed by atoms with Crippen LogP contribution in [0.1, 0.15) is 32.9 Å². The second kappa shape index (κ2) is 5.97. The molecule has 0 radical (unpaired) electrons. The number of nitrogens with zero attached hydrogens (tertiary/aromatic N) is 5. The van der Waals surface area contributed by atoms with Gasteiger partial charge >= 0.3 is 5.69 Å². The monoisotopic (exact) mass is 351 g/mol. The van der Waals surface area contributed by atoms with Crippen molar-refractivity contribution < 1.29 is 0 Å². The van der Waals surface area contributed by atoms with E-state index in [1.807, 2.05) is 29.0 Å². The van der Waals surface area contributed by atoms with Gasteiger partial charge in [-0.05, 0) is 42.5 Å². The smallest absolute Gasteiger partial charge is 0.325 e. The molecule has 0 N–H and O–H groups in total. The van der Waals surface area contributed by atoms with Crippen LogP contribution in [0.25, 0.3) is 11.2 Å². The first-order valence-electron chi connectivity index (χ1n) is 9.13. The van der Waals surface area contributed by atoms with Crippen LogP contribution in [0, 0.1) is 5.41 Å². The van der Waals surface area contributed by atoms with E-state index in [-0.39, 0.29) is 11.1 Å². The summed E-state index contributed by atoms with van der Waals surface area (Å²) in [6.45, 7) is 7.99. The summed E-state index contributed by atoms with van der Waals surface area (Å²) in [6.07, 6.45) is 3.89. The van der Waals surface area contributed by atoms with Crippen molar-refractivity contribution in [3.63, 3.8) is 0 Å². The van der Waals surface area contributed by atoms with Gasteiger partial charge in [-0.2, -0.15) is 0 Å². The number of hydrogen-bond acceptors (Lipinski definition) is 4. The topological polar surface area (TPSA) is 56.0 Å². The third-order valence-corrected chi connectivity index (χ3v) is 4.83. The van der Waals surface area contributed by atoms with Crippen LogP contribution >= 0.6 is 0 Å². The molecular formula is C20H25N5O. The highest BCUT2D eigenvalue weighted by atomic mass is 16.1. The predicted octanol–water partition coefficient (Wildman–Crippen LogP) is 3.26. The fourth-order valence-corrected chi connectivity index (χ4v) is 3.67. The van der Waals surface area contributed by atoms with Crippen LogP contribution < -0.4 is 10.6 Å². The van der Waals surface area contributed by atoms with Crippen molar-refractivity contribution in [2.24, 2.45) is 12.5 Å². The summed E-state index contributed by atoms with van der Waals surface area (Å²) in [4.78, 5) is 24.3. The molecule has 4 rings (SSSR count). The Morgan fingerprint density at radius 1 is 1.19 bits per heavy atom. The number of anilines is 2. The molecule has 3 aromatic heterocycles. The van der Waals surface area contributed by atoms with E-state index in [0.29, 0.717) is 6.54 Å². The Bertz CT molecular complexity index is 1020. The molecular weight excluding hydrogens is 326 g/mol. The van der Waals surface area contributed by atoms with Gasteiger partial charge in [-0.25, -0.2) is 9.78 Å². The Hall–Kier alpha value is -2.63. The quantitative estimate of drug-likeness (QED) is 0.711. The van der Waals surface area contributed by atoms with E-state index in [4.69, 9.17) is 4.98 Å². The lowest BCUT2D eigenvalue weighted by atomic mass is 9.97. The zero-order chi connectivity index (χ0) is 18.5. The molecule has 0 atom stereocenters. The molecule has 3 aromatic rings. The second-order valence-corrected chi connectivity index (χ2v) is 8.22. The standard InChI is InChI=1S/C20H25N5O/c1-20(2,3)13-25-16-9-10-17(22-18(16)23(4)19(25)26)24-12-6-7-14-15(24)8-5-11-21-14/h5,8-11H,6-7,12-13H2,1-4H3. The van der Waals surface area contributed by atoms with Crippen LogP contribution in [0.4, 0.5) is 11.5 Å². The fourth-order valence-electron chi connectivity index (χ4n) is 3.67. The molecule has 0 amide bonds. The van der Waals surface area contributed by atoms with Crippen molar-refractivity contribution in [2.45, 2.75) is 40.2 Å². The summed E-state index contributed by atoms with van der Waals surface area (Å²) in [5.41, 5.74) is 3.85. The van der Waals surface area contributed by atoms with Crippen molar-refractivity contribution in [3.05, 3.63) is 46.6 Å². The molecule has 26 heavy (non-hydrogen) atoms. The van der Waals surface area contributed by atoms with Gasteiger partial charge in [0.05, 0.1) is 16.9 Å². The summed E-state index contributed by atoms with van der Waals surface area (Å²) >= 11 is 0. The largest absolute Gasteiger partial charge is 0.330 e. The molecule has 0 unspecified atom stereocenters. The number of imidazole rings is 1. The van der Waals surface area contributed by atoms with Gasteiger partial charge in [-0.3, -0.25) is 14.1 Å². The van der Waals surface area contributed by atoms with Gasteiger partial charge in [-0.15, -0.1) is 0 Å². The maximum Gasteiger partial charge on any atom is 0.330 e. The van der Waals surface area contributed by atoms with E-state index < -0.39 is 0 Å². The van der Waals surface area contributed by atoms with Crippen LogP contribution in [0.3, 0.4) is 0 Å². The summed E-state index contributed by atoms with van der Waals surface area (Å²) in [7, 11) is 1.80. The Morgan fingerprint density at radius 2 is 2.00 bits per heavy atom. The van der Waals surface area contributed by atoms with Gasteiger partial charge in [0.15, 0.2) is 5.65 Å². The van der Waals surface area contributed by atoms with Crippen molar-refractivity contribution in [1.29, 1.82) is 0 Å². The maximum absolute atomic E-state index is 12.7. The number of rotatable bonds is 2. The van der Waals surface area contributed by atoms with E-state index in [1.165, 1.54) is 0 Å². The van der Waals surface area contributed by atoms with Crippen LogP contribution in [0.5, 0.6) is 0 Å². The number of hydrogen-bond donors (Lipinski definition) is 0. The summed E-state index contributed by atoms with van der Waals surface area (Å²) in [5, 5.41) is 0.